The molecule has 0 aliphatic rings. The van der Waals surface area contributed by atoms with E-state index in [9.17, 15) is 4.79 Å². The minimum Gasteiger partial charge on any atom is -0.493 e. The molecular formula is C14H20BrNO2. The largest absolute Gasteiger partial charge is 0.493 e. The summed E-state index contributed by atoms with van der Waals surface area (Å²) in [7, 11) is 0. The van der Waals surface area contributed by atoms with Crippen molar-refractivity contribution in [2.75, 3.05) is 6.61 Å². The van der Waals surface area contributed by atoms with E-state index in [2.05, 4.69) is 21.2 Å². The van der Waals surface area contributed by atoms with Gasteiger partial charge >= 0.3 is 0 Å². The Hall–Kier alpha value is -1.03. The van der Waals surface area contributed by atoms with Gasteiger partial charge in [-0.05, 0) is 32.9 Å². The number of alkyl halides is 1. The molecule has 0 spiro atoms. The Morgan fingerprint density at radius 1 is 1.44 bits per heavy atom. The van der Waals surface area contributed by atoms with E-state index in [0.717, 1.165) is 0 Å². The molecule has 0 aliphatic carbocycles. The number of hydrogen-bond acceptors (Lipinski definition) is 2. The van der Waals surface area contributed by atoms with Gasteiger partial charge in [-0.25, -0.2) is 0 Å². The highest BCUT2D eigenvalue weighted by atomic mass is 79.9. The molecule has 1 aromatic carbocycles. The van der Waals surface area contributed by atoms with Gasteiger partial charge in [-0.3, -0.25) is 4.79 Å². The van der Waals surface area contributed by atoms with E-state index in [1.165, 1.54) is 0 Å². The normalized spacial score (nSPS) is 12.9. The third kappa shape index (κ3) is 3.73. The lowest BCUT2D eigenvalue weighted by atomic mass is 10.0. The summed E-state index contributed by atoms with van der Waals surface area (Å²) in [6, 6.07) is 7.28. The number of para-hydroxylation sites is 1. The van der Waals surface area contributed by atoms with Crippen molar-refractivity contribution in [2.24, 2.45) is 0 Å². The fraction of sp³-hybridized carbons (Fsp3) is 0.500. The van der Waals surface area contributed by atoms with E-state index in [-0.39, 0.29) is 16.3 Å². The Morgan fingerprint density at radius 2 is 2.06 bits per heavy atom. The van der Waals surface area contributed by atoms with E-state index < -0.39 is 0 Å². The first kappa shape index (κ1) is 15.0. The summed E-state index contributed by atoms with van der Waals surface area (Å²) in [5.41, 5.74) is 0.247. The molecule has 0 aliphatic heterocycles. The van der Waals surface area contributed by atoms with Gasteiger partial charge in [0.25, 0.3) is 5.91 Å². The van der Waals surface area contributed by atoms with Crippen molar-refractivity contribution >= 4 is 21.8 Å². The third-order valence-electron chi connectivity index (χ3n) is 2.86. The SMILES string of the molecule is CCOc1ccccc1C(=O)NC(C)(C)C(C)Br. The lowest BCUT2D eigenvalue weighted by Gasteiger charge is -2.29. The van der Waals surface area contributed by atoms with Crippen molar-refractivity contribution in [1.82, 2.24) is 5.32 Å². The maximum Gasteiger partial charge on any atom is 0.255 e. The van der Waals surface area contributed by atoms with Crippen LogP contribution in [0.3, 0.4) is 0 Å². The third-order valence-corrected chi connectivity index (χ3v) is 4.01. The molecule has 100 valence electrons. The highest BCUT2D eigenvalue weighted by Gasteiger charge is 2.27. The average Bonchev–Trinajstić information content (AvgIpc) is 2.29. The second kappa shape index (κ2) is 6.23. The van der Waals surface area contributed by atoms with Crippen molar-refractivity contribution in [3.8, 4) is 5.75 Å². The van der Waals surface area contributed by atoms with Crippen LogP contribution in [0.25, 0.3) is 0 Å². The van der Waals surface area contributed by atoms with Gasteiger partial charge in [-0.2, -0.15) is 0 Å². The van der Waals surface area contributed by atoms with Crippen LogP contribution in [0.1, 0.15) is 38.1 Å². The molecule has 18 heavy (non-hydrogen) atoms. The topological polar surface area (TPSA) is 38.3 Å². The summed E-state index contributed by atoms with van der Waals surface area (Å²) >= 11 is 3.50. The molecule has 0 radical (unpaired) electrons. The van der Waals surface area contributed by atoms with Gasteiger partial charge in [0, 0.05) is 10.4 Å². The Bertz CT molecular complexity index is 416. The van der Waals surface area contributed by atoms with Crippen molar-refractivity contribution in [1.29, 1.82) is 0 Å². The minimum atomic E-state index is -0.323. The lowest BCUT2D eigenvalue weighted by Crippen LogP contribution is -2.48. The summed E-state index contributed by atoms with van der Waals surface area (Å²) in [6.45, 7) is 8.41. The summed E-state index contributed by atoms with van der Waals surface area (Å²) < 4.78 is 5.46. The molecule has 0 bridgehead atoms. The number of carbonyl (C=O) groups is 1. The highest BCUT2D eigenvalue weighted by Crippen LogP contribution is 2.21. The molecule has 4 heteroatoms. The second-order valence-corrected chi connectivity index (χ2v) is 6.09. The van der Waals surface area contributed by atoms with Gasteiger partial charge in [-0.15, -0.1) is 0 Å². The van der Waals surface area contributed by atoms with Crippen LogP contribution < -0.4 is 10.1 Å². The quantitative estimate of drug-likeness (QED) is 0.846. The lowest BCUT2D eigenvalue weighted by molar-refractivity contribution is 0.0910. The van der Waals surface area contributed by atoms with E-state index >= 15 is 0 Å². The van der Waals surface area contributed by atoms with Crippen LogP contribution >= 0.6 is 15.9 Å². The van der Waals surface area contributed by atoms with Gasteiger partial charge in [0.15, 0.2) is 0 Å². The molecule has 0 saturated carbocycles. The zero-order valence-electron chi connectivity index (χ0n) is 11.3. The first-order chi connectivity index (χ1) is 8.38. The Labute approximate surface area is 117 Å². The molecule has 1 N–H and O–H groups in total. The van der Waals surface area contributed by atoms with Gasteiger partial charge in [0.1, 0.15) is 5.75 Å². The fourth-order valence-corrected chi connectivity index (χ4v) is 1.51. The minimum absolute atomic E-state index is 0.115. The van der Waals surface area contributed by atoms with Crippen LogP contribution in [0.15, 0.2) is 24.3 Å². The van der Waals surface area contributed by atoms with Crippen LogP contribution in [0.2, 0.25) is 0 Å². The Kier molecular flexibility index (Phi) is 5.20. The number of carbonyl (C=O) groups excluding carboxylic acids is 1. The molecule has 1 aromatic rings. The number of benzene rings is 1. The first-order valence-electron chi connectivity index (χ1n) is 6.07. The van der Waals surface area contributed by atoms with Gasteiger partial charge in [0.05, 0.1) is 12.2 Å². The van der Waals surface area contributed by atoms with E-state index in [1.54, 1.807) is 6.07 Å². The van der Waals surface area contributed by atoms with Crippen molar-refractivity contribution in [3.05, 3.63) is 29.8 Å². The monoisotopic (exact) mass is 313 g/mol. The van der Waals surface area contributed by atoms with Crippen LogP contribution in [0.4, 0.5) is 0 Å². The molecular weight excluding hydrogens is 294 g/mol. The molecule has 0 aromatic heterocycles. The second-order valence-electron chi connectivity index (χ2n) is 4.72. The Morgan fingerprint density at radius 3 is 2.61 bits per heavy atom. The number of ether oxygens (including phenoxy) is 1. The molecule has 0 saturated heterocycles. The molecule has 1 rings (SSSR count). The van der Waals surface area contributed by atoms with E-state index in [1.807, 2.05) is 45.9 Å². The Balaban J connectivity index is 2.91. The van der Waals surface area contributed by atoms with Gasteiger partial charge in [0.2, 0.25) is 0 Å². The summed E-state index contributed by atoms with van der Waals surface area (Å²) in [5.74, 6) is 0.505. The van der Waals surface area contributed by atoms with E-state index in [4.69, 9.17) is 4.74 Å². The number of nitrogens with one attached hydrogen (secondary N) is 1. The van der Waals surface area contributed by atoms with Crippen LogP contribution in [0, 0.1) is 0 Å². The maximum atomic E-state index is 12.2. The van der Waals surface area contributed by atoms with Crippen molar-refractivity contribution < 1.29 is 9.53 Å². The average molecular weight is 314 g/mol. The highest BCUT2D eigenvalue weighted by molar-refractivity contribution is 9.09. The summed E-state index contributed by atoms with van der Waals surface area (Å²) in [6.07, 6.45) is 0. The maximum absolute atomic E-state index is 12.2. The molecule has 0 heterocycles. The van der Waals surface area contributed by atoms with Crippen LogP contribution in [0.5, 0.6) is 5.75 Å². The van der Waals surface area contributed by atoms with Crippen LogP contribution in [-0.4, -0.2) is 22.9 Å². The molecule has 3 nitrogen and oxygen atoms in total. The predicted molar refractivity (Wildman–Crippen MR) is 77.5 cm³/mol. The van der Waals surface area contributed by atoms with Crippen molar-refractivity contribution in [3.63, 3.8) is 0 Å². The number of hydrogen-bond donors (Lipinski definition) is 1. The summed E-state index contributed by atoms with van der Waals surface area (Å²) in [5, 5.41) is 3.00. The zero-order valence-corrected chi connectivity index (χ0v) is 12.9. The first-order valence-corrected chi connectivity index (χ1v) is 6.98. The molecule has 1 atom stereocenters. The van der Waals surface area contributed by atoms with Crippen molar-refractivity contribution in [2.45, 2.75) is 38.1 Å². The van der Waals surface area contributed by atoms with Crippen LogP contribution in [-0.2, 0) is 0 Å². The number of halogens is 1. The molecule has 0 fully saturated rings. The number of rotatable bonds is 5. The van der Waals surface area contributed by atoms with Gasteiger partial charge in [-0.1, -0.05) is 35.0 Å². The molecule has 1 unspecified atom stereocenters. The predicted octanol–water partition coefficient (Wildman–Crippen LogP) is 3.38. The standard InChI is InChI=1S/C14H20BrNO2/c1-5-18-12-9-7-6-8-11(12)13(17)16-14(3,4)10(2)15/h6-10H,5H2,1-4H3,(H,16,17). The summed E-state index contributed by atoms with van der Waals surface area (Å²) in [4.78, 5) is 12.4. The van der Waals surface area contributed by atoms with E-state index in [0.29, 0.717) is 17.9 Å². The zero-order chi connectivity index (χ0) is 13.8. The van der Waals surface area contributed by atoms with Gasteiger partial charge < -0.3 is 10.1 Å². The molecule has 1 amide bonds. The fourth-order valence-electron chi connectivity index (χ4n) is 1.39. The smallest absolute Gasteiger partial charge is 0.255 e. The number of amides is 1.